The second-order valence-electron chi connectivity index (χ2n) is 6.83. The highest BCUT2D eigenvalue weighted by Gasteiger charge is 2.24. The van der Waals surface area contributed by atoms with E-state index in [4.69, 9.17) is 16.3 Å². The Labute approximate surface area is 187 Å². The van der Waals surface area contributed by atoms with E-state index < -0.39 is 10.0 Å². The molecule has 2 aromatic carbocycles. The number of hydrogen-bond acceptors (Lipinski definition) is 5. The van der Waals surface area contributed by atoms with Crippen LogP contribution in [0.1, 0.15) is 16.4 Å². The third kappa shape index (κ3) is 6.72. The van der Waals surface area contributed by atoms with Crippen LogP contribution in [0.2, 0.25) is 5.02 Å². The molecule has 1 amide bonds. The van der Waals surface area contributed by atoms with Gasteiger partial charge in [0.2, 0.25) is 15.9 Å². The Bertz CT molecular complexity index is 918. The van der Waals surface area contributed by atoms with Crippen molar-refractivity contribution in [2.45, 2.75) is 5.25 Å². The van der Waals surface area contributed by atoms with E-state index in [0.29, 0.717) is 31.3 Å². The van der Waals surface area contributed by atoms with Gasteiger partial charge < -0.3 is 10.1 Å². The maximum absolute atomic E-state index is 12.3. The van der Waals surface area contributed by atoms with Crippen LogP contribution in [0.4, 0.5) is 0 Å². The van der Waals surface area contributed by atoms with Crippen molar-refractivity contribution in [2.24, 2.45) is 0 Å². The Hall–Kier alpha value is -1.58. The Morgan fingerprint density at radius 2 is 1.70 bits per heavy atom. The van der Waals surface area contributed by atoms with Crippen LogP contribution >= 0.6 is 23.4 Å². The number of morpholine rings is 1. The summed E-state index contributed by atoms with van der Waals surface area (Å²) in [5.41, 5.74) is 2.14. The Morgan fingerprint density at radius 1 is 1.07 bits per heavy atom. The second kappa shape index (κ2) is 11.2. The third-order valence-corrected chi connectivity index (χ3v) is 8.13. The minimum Gasteiger partial charge on any atom is -0.379 e. The van der Waals surface area contributed by atoms with Gasteiger partial charge >= 0.3 is 0 Å². The summed E-state index contributed by atoms with van der Waals surface area (Å²) in [4.78, 5) is 12.3. The predicted molar refractivity (Wildman–Crippen MR) is 121 cm³/mol. The van der Waals surface area contributed by atoms with Crippen LogP contribution in [0.15, 0.2) is 54.6 Å². The van der Waals surface area contributed by atoms with Gasteiger partial charge in [-0.3, -0.25) is 4.79 Å². The molecule has 30 heavy (non-hydrogen) atoms. The SMILES string of the molecule is O=C(CSC(c1ccccc1)c1ccc(Cl)cc1)NCCS(=O)(=O)N1CCOCC1. The lowest BCUT2D eigenvalue weighted by atomic mass is 10.0. The number of thioether (sulfide) groups is 1. The Kier molecular flexibility index (Phi) is 8.59. The van der Waals surface area contributed by atoms with Crippen LogP contribution in [0.25, 0.3) is 0 Å². The van der Waals surface area contributed by atoms with E-state index in [1.165, 1.54) is 16.1 Å². The monoisotopic (exact) mass is 468 g/mol. The molecule has 1 aliphatic heterocycles. The molecule has 1 heterocycles. The van der Waals surface area contributed by atoms with Crippen molar-refractivity contribution in [1.82, 2.24) is 9.62 Å². The van der Waals surface area contributed by atoms with Gasteiger partial charge in [0.15, 0.2) is 0 Å². The first-order valence-electron chi connectivity index (χ1n) is 9.70. The lowest BCUT2D eigenvalue weighted by Crippen LogP contribution is -2.44. The zero-order valence-electron chi connectivity index (χ0n) is 16.5. The molecule has 1 N–H and O–H groups in total. The van der Waals surface area contributed by atoms with Gasteiger partial charge in [0.05, 0.1) is 30.0 Å². The quantitative estimate of drug-likeness (QED) is 0.612. The van der Waals surface area contributed by atoms with E-state index in [1.807, 2.05) is 54.6 Å². The van der Waals surface area contributed by atoms with Crippen molar-refractivity contribution in [3.8, 4) is 0 Å². The zero-order chi connectivity index (χ0) is 21.4. The summed E-state index contributed by atoms with van der Waals surface area (Å²) in [5, 5.41) is 3.37. The van der Waals surface area contributed by atoms with Crippen molar-refractivity contribution in [2.75, 3.05) is 44.4 Å². The van der Waals surface area contributed by atoms with Crippen LogP contribution in [0.5, 0.6) is 0 Å². The number of nitrogens with zero attached hydrogens (tertiary/aromatic N) is 1. The molecule has 1 saturated heterocycles. The van der Waals surface area contributed by atoms with Gasteiger partial charge in [-0.1, -0.05) is 54.1 Å². The fraction of sp³-hybridized carbons (Fsp3) is 0.381. The number of sulfonamides is 1. The van der Waals surface area contributed by atoms with Crippen molar-refractivity contribution in [3.05, 3.63) is 70.7 Å². The summed E-state index contributed by atoms with van der Waals surface area (Å²) >= 11 is 7.51. The second-order valence-corrected chi connectivity index (χ2v) is 10.4. The number of benzene rings is 2. The fourth-order valence-corrected chi connectivity index (χ4v) is 5.70. The Balaban J connectivity index is 1.53. The van der Waals surface area contributed by atoms with Gasteiger partial charge in [-0.25, -0.2) is 8.42 Å². The summed E-state index contributed by atoms with van der Waals surface area (Å²) in [7, 11) is -3.38. The van der Waals surface area contributed by atoms with Gasteiger partial charge in [-0.2, -0.15) is 4.31 Å². The summed E-state index contributed by atoms with van der Waals surface area (Å²) in [6.45, 7) is 1.65. The highest BCUT2D eigenvalue weighted by molar-refractivity contribution is 8.00. The molecule has 3 rings (SSSR count). The molecule has 0 aromatic heterocycles. The normalized spacial score (nSPS) is 16.2. The average molecular weight is 469 g/mol. The first kappa shape index (κ1) is 23.1. The number of nitrogens with one attached hydrogen (secondary N) is 1. The topological polar surface area (TPSA) is 75.7 Å². The van der Waals surface area contributed by atoms with E-state index in [-0.39, 0.29) is 29.2 Å². The number of halogens is 1. The molecular weight excluding hydrogens is 444 g/mol. The number of ether oxygens (including phenoxy) is 1. The van der Waals surface area contributed by atoms with Gasteiger partial charge in [-0.15, -0.1) is 11.8 Å². The highest BCUT2D eigenvalue weighted by atomic mass is 35.5. The lowest BCUT2D eigenvalue weighted by molar-refractivity contribution is -0.118. The van der Waals surface area contributed by atoms with E-state index in [0.717, 1.165) is 11.1 Å². The number of hydrogen-bond donors (Lipinski definition) is 1. The third-order valence-electron chi connectivity index (χ3n) is 4.70. The van der Waals surface area contributed by atoms with E-state index in [9.17, 15) is 13.2 Å². The molecule has 1 atom stereocenters. The van der Waals surface area contributed by atoms with E-state index >= 15 is 0 Å². The zero-order valence-corrected chi connectivity index (χ0v) is 18.9. The minimum atomic E-state index is -3.38. The summed E-state index contributed by atoms with van der Waals surface area (Å²) in [5.74, 6) is -0.0743. The largest absolute Gasteiger partial charge is 0.379 e. The number of rotatable bonds is 9. The summed E-state index contributed by atoms with van der Waals surface area (Å²) in [6, 6.07) is 17.5. The van der Waals surface area contributed by atoms with Crippen LogP contribution in [0, 0.1) is 0 Å². The molecule has 162 valence electrons. The Morgan fingerprint density at radius 3 is 2.37 bits per heavy atom. The molecule has 1 fully saturated rings. The maximum Gasteiger partial charge on any atom is 0.230 e. The molecule has 0 aliphatic carbocycles. The minimum absolute atomic E-state index is 0.0219. The smallest absolute Gasteiger partial charge is 0.230 e. The molecule has 0 spiro atoms. The summed E-state index contributed by atoms with van der Waals surface area (Å²) < 4.78 is 31.3. The summed E-state index contributed by atoms with van der Waals surface area (Å²) in [6.07, 6.45) is 0. The number of carbonyl (C=O) groups excluding carboxylic acids is 1. The van der Waals surface area contributed by atoms with E-state index in [2.05, 4.69) is 5.32 Å². The molecule has 9 heteroatoms. The number of carbonyl (C=O) groups is 1. The highest BCUT2D eigenvalue weighted by Crippen LogP contribution is 2.35. The van der Waals surface area contributed by atoms with Crippen LogP contribution in [0.3, 0.4) is 0 Å². The van der Waals surface area contributed by atoms with Gasteiger partial charge in [-0.05, 0) is 23.3 Å². The van der Waals surface area contributed by atoms with E-state index in [1.54, 1.807) is 0 Å². The molecule has 6 nitrogen and oxygen atoms in total. The average Bonchev–Trinajstić information content (AvgIpc) is 2.76. The molecule has 1 aliphatic rings. The van der Waals surface area contributed by atoms with Crippen LogP contribution in [-0.4, -0.2) is 63.0 Å². The van der Waals surface area contributed by atoms with Gasteiger partial charge in [0.25, 0.3) is 0 Å². The van der Waals surface area contributed by atoms with Gasteiger partial charge in [0, 0.05) is 24.7 Å². The number of amides is 1. The van der Waals surface area contributed by atoms with Crippen molar-refractivity contribution >= 4 is 39.3 Å². The first-order valence-corrected chi connectivity index (χ1v) is 12.7. The molecule has 0 radical (unpaired) electrons. The molecule has 0 saturated carbocycles. The van der Waals surface area contributed by atoms with Crippen molar-refractivity contribution in [3.63, 3.8) is 0 Å². The van der Waals surface area contributed by atoms with Crippen LogP contribution < -0.4 is 5.32 Å². The first-order chi connectivity index (χ1) is 14.5. The van der Waals surface area contributed by atoms with Crippen LogP contribution in [-0.2, 0) is 19.6 Å². The molecular formula is C21H25ClN2O4S2. The standard InChI is InChI=1S/C21H25ClN2O4S2/c22-19-8-6-18(7-9-19)21(17-4-2-1-3-5-17)29-16-20(25)23-10-15-30(26,27)24-11-13-28-14-12-24/h1-9,21H,10-16H2,(H,23,25). The molecule has 1 unspecified atom stereocenters. The molecule has 0 bridgehead atoms. The van der Waals surface area contributed by atoms with Crippen molar-refractivity contribution in [1.29, 1.82) is 0 Å². The molecule has 2 aromatic rings. The predicted octanol–water partition coefficient (Wildman–Crippen LogP) is 2.94. The fourth-order valence-electron chi connectivity index (χ4n) is 3.13. The van der Waals surface area contributed by atoms with Crippen molar-refractivity contribution < 1.29 is 17.9 Å². The van der Waals surface area contributed by atoms with Gasteiger partial charge in [0.1, 0.15) is 0 Å². The maximum atomic E-state index is 12.3. The lowest BCUT2D eigenvalue weighted by Gasteiger charge is -2.26.